The summed E-state index contributed by atoms with van der Waals surface area (Å²) in [5, 5.41) is 0.920. The molecule has 1 atom stereocenters. The minimum Gasteiger partial charge on any atom is -0.489 e. The molecular formula is C28H29FN2O4. The molecule has 0 aliphatic carbocycles. The summed E-state index contributed by atoms with van der Waals surface area (Å²) in [4.78, 5) is 12.1. The number of hydrogen-bond donors (Lipinski definition) is 2. The topological polar surface area (TPSA) is 101 Å². The lowest BCUT2D eigenvalue weighted by Crippen LogP contribution is -2.11. The Bertz CT molecular complexity index is 1320. The largest absolute Gasteiger partial charge is 0.489 e. The van der Waals surface area contributed by atoms with Gasteiger partial charge in [-0.1, -0.05) is 30.3 Å². The molecule has 182 valence electrons. The van der Waals surface area contributed by atoms with Crippen LogP contribution >= 0.6 is 0 Å². The number of halogens is 1. The average molecular weight is 477 g/mol. The van der Waals surface area contributed by atoms with Gasteiger partial charge in [-0.15, -0.1) is 0 Å². The second kappa shape index (κ2) is 11.2. The standard InChI is InChI=1S/C28H29FN2O4/c1-2-33-27(32)14-22-7-6-18(16-30)12-26(22)35-17-19-10-23-8-9-34-28(23)24(11-19)20-4-3-5-21(13-20)25(31)15-29/h3-13,25H,2,14-17,30-31H2,1H3. The van der Waals surface area contributed by atoms with E-state index < -0.39 is 12.7 Å². The SMILES string of the molecule is CCOC(=O)Cc1ccc(CN)cc1OCc1cc(-c2cccc(C(N)CF)c2)c2occc2c1. The van der Waals surface area contributed by atoms with Crippen molar-refractivity contribution in [1.82, 2.24) is 0 Å². The number of nitrogens with two attached hydrogens (primary N) is 2. The van der Waals surface area contributed by atoms with Crippen LogP contribution in [-0.2, 0) is 29.1 Å². The van der Waals surface area contributed by atoms with E-state index in [1.807, 2.05) is 60.7 Å². The summed E-state index contributed by atoms with van der Waals surface area (Å²) in [5.74, 6) is 0.275. The number of ether oxygens (including phenoxy) is 2. The van der Waals surface area contributed by atoms with E-state index in [2.05, 4.69) is 0 Å². The minimum atomic E-state index is -0.679. The minimum absolute atomic E-state index is 0.113. The number of esters is 1. The molecule has 0 radical (unpaired) electrons. The molecule has 4 N–H and O–H groups in total. The van der Waals surface area contributed by atoms with Crippen LogP contribution in [0.3, 0.4) is 0 Å². The normalized spacial score (nSPS) is 12.0. The summed E-state index contributed by atoms with van der Waals surface area (Å²) in [5.41, 5.74) is 17.5. The molecule has 0 aliphatic heterocycles. The van der Waals surface area contributed by atoms with Crippen molar-refractivity contribution in [2.24, 2.45) is 11.5 Å². The van der Waals surface area contributed by atoms with Crippen LogP contribution < -0.4 is 16.2 Å². The van der Waals surface area contributed by atoms with E-state index in [4.69, 9.17) is 25.4 Å². The monoisotopic (exact) mass is 476 g/mol. The zero-order chi connectivity index (χ0) is 24.8. The molecule has 0 saturated carbocycles. The van der Waals surface area contributed by atoms with Gasteiger partial charge in [-0.05, 0) is 59.5 Å². The van der Waals surface area contributed by atoms with Crippen LogP contribution in [0.4, 0.5) is 4.39 Å². The maximum absolute atomic E-state index is 13.1. The van der Waals surface area contributed by atoms with Crippen molar-refractivity contribution in [3.05, 3.63) is 89.2 Å². The number of fused-ring (bicyclic) bond motifs is 1. The molecule has 0 saturated heterocycles. The zero-order valence-corrected chi connectivity index (χ0v) is 19.6. The molecule has 0 fully saturated rings. The van der Waals surface area contributed by atoms with Crippen molar-refractivity contribution >= 4 is 16.9 Å². The third-order valence-electron chi connectivity index (χ3n) is 5.80. The molecule has 0 spiro atoms. The van der Waals surface area contributed by atoms with Gasteiger partial charge in [-0.25, -0.2) is 4.39 Å². The highest BCUT2D eigenvalue weighted by Gasteiger charge is 2.15. The third-order valence-corrected chi connectivity index (χ3v) is 5.80. The molecule has 4 aromatic rings. The molecule has 3 aromatic carbocycles. The van der Waals surface area contributed by atoms with Crippen LogP contribution in [0.15, 0.2) is 71.3 Å². The fourth-order valence-corrected chi connectivity index (χ4v) is 4.00. The summed E-state index contributed by atoms with van der Waals surface area (Å²) < 4.78 is 30.2. The second-order valence-electron chi connectivity index (χ2n) is 8.29. The third kappa shape index (κ3) is 5.70. The zero-order valence-electron chi connectivity index (χ0n) is 19.6. The fraction of sp³-hybridized carbons (Fsp3) is 0.250. The summed E-state index contributed by atoms with van der Waals surface area (Å²) in [6, 6.07) is 18.3. The van der Waals surface area contributed by atoms with Crippen LogP contribution in [0.1, 0.15) is 35.2 Å². The predicted octanol–water partition coefficient (Wildman–Crippen LogP) is 5.21. The van der Waals surface area contributed by atoms with Gasteiger partial charge < -0.3 is 25.4 Å². The molecule has 0 amide bonds. The van der Waals surface area contributed by atoms with Crippen LogP contribution in [0, 0.1) is 0 Å². The number of carbonyl (C=O) groups excluding carboxylic acids is 1. The van der Waals surface area contributed by atoms with Gasteiger partial charge in [-0.2, -0.15) is 0 Å². The van der Waals surface area contributed by atoms with Crippen molar-refractivity contribution in [2.75, 3.05) is 13.3 Å². The van der Waals surface area contributed by atoms with Crippen molar-refractivity contribution in [2.45, 2.75) is 32.5 Å². The molecule has 6 nitrogen and oxygen atoms in total. The number of furan rings is 1. The Morgan fingerprint density at radius 1 is 1.09 bits per heavy atom. The Balaban J connectivity index is 1.65. The smallest absolute Gasteiger partial charge is 0.310 e. The van der Waals surface area contributed by atoms with Gasteiger partial charge in [0.25, 0.3) is 0 Å². The first-order valence-electron chi connectivity index (χ1n) is 11.5. The van der Waals surface area contributed by atoms with Crippen LogP contribution in [-0.4, -0.2) is 19.3 Å². The van der Waals surface area contributed by atoms with Crippen molar-refractivity contribution in [1.29, 1.82) is 0 Å². The molecule has 0 bridgehead atoms. The van der Waals surface area contributed by atoms with Crippen LogP contribution in [0.5, 0.6) is 5.75 Å². The second-order valence-corrected chi connectivity index (χ2v) is 8.29. The Morgan fingerprint density at radius 2 is 1.94 bits per heavy atom. The quantitative estimate of drug-likeness (QED) is 0.305. The lowest BCUT2D eigenvalue weighted by atomic mass is 9.97. The van der Waals surface area contributed by atoms with Gasteiger partial charge in [0.05, 0.1) is 25.3 Å². The molecule has 4 rings (SSSR count). The molecule has 7 heteroatoms. The fourth-order valence-electron chi connectivity index (χ4n) is 4.00. The summed E-state index contributed by atoms with van der Waals surface area (Å²) in [7, 11) is 0. The average Bonchev–Trinajstić information content (AvgIpc) is 3.36. The van der Waals surface area contributed by atoms with Gasteiger partial charge in [0.15, 0.2) is 0 Å². The molecule has 1 unspecified atom stereocenters. The van der Waals surface area contributed by atoms with Gasteiger partial charge in [-0.3, -0.25) is 4.79 Å². The predicted molar refractivity (Wildman–Crippen MR) is 134 cm³/mol. The molecular weight excluding hydrogens is 447 g/mol. The highest BCUT2D eigenvalue weighted by Crippen LogP contribution is 2.33. The van der Waals surface area contributed by atoms with Gasteiger partial charge in [0, 0.05) is 23.1 Å². The highest BCUT2D eigenvalue weighted by molar-refractivity contribution is 5.93. The highest BCUT2D eigenvalue weighted by atomic mass is 19.1. The number of alkyl halides is 1. The Kier molecular flexibility index (Phi) is 7.80. The van der Waals surface area contributed by atoms with E-state index in [-0.39, 0.29) is 19.0 Å². The number of rotatable bonds is 10. The maximum Gasteiger partial charge on any atom is 0.310 e. The summed E-state index contributed by atoms with van der Waals surface area (Å²) >= 11 is 0. The van der Waals surface area contributed by atoms with E-state index in [1.54, 1.807) is 13.2 Å². The van der Waals surface area contributed by atoms with Gasteiger partial charge in [0.1, 0.15) is 24.6 Å². The number of benzene rings is 3. The van der Waals surface area contributed by atoms with E-state index in [0.717, 1.165) is 38.8 Å². The molecule has 1 heterocycles. The van der Waals surface area contributed by atoms with E-state index in [9.17, 15) is 9.18 Å². The number of hydrogen-bond acceptors (Lipinski definition) is 6. The first-order chi connectivity index (χ1) is 17.0. The molecule has 35 heavy (non-hydrogen) atoms. The van der Waals surface area contributed by atoms with Crippen LogP contribution in [0.2, 0.25) is 0 Å². The Morgan fingerprint density at radius 3 is 2.71 bits per heavy atom. The van der Waals surface area contributed by atoms with Crippen LogP contribution in [0.25, 0.3) is 22.1 Å². The van der Waals surface area contributed by atoms with Crippen molar-refractivity contribution < 1.29 is 23.1 Å². The van der Waals surface area contributed by atoms with E-state index >= 15 is 0 Å². The van der Waals surface area contributed by atoms with E-state index in [1.165, 1.54) is 0 Å². The van der Waals surface area contributed by atoms with E-state index in [0.29, 0.717) is 24.5 Å². The summed E-state index contributed by atoms with van der Waals surface area (Å²) in [6.07, 6.45) is 1.75. The lowest BCUT2D eigenvalue weighted by Gasteiger charge is -2.14. The summed E-state index contributed by atoms with van der Waals surface area (Å²) in [6.45, 7) is 2.09. The Hall–Kier alpha value is -3.68. The first kappa shape index (κ1) is 24.4. The van der Waals surface area contributed by atoms with Crippen molar-refractivity contribution in [3.63, 3.8) is 0 Å². The lowest BCUT2D eigenvalue weighted by molar-refractivity contribution is -0.142. The molecule has 0 aliphatic rings. The first-order valence-corrected chi connectivity index (χ1v) is 11.5. The van der Waals surface area contributed by atoms with Gasteiger partial charge >= 0.3 is 5.97 Å². The molecule has 1 aromatic heterocycles. The van der Waals surface area contributed by atoms with Crippen molar-refractivity contribution in [3.8, 4) is 16.9 Å². The Labute approximate surface area is 203 Å². The number of carbonyl (C=O) groups is 1. The van der Waals surface area contributed by atoms with Gasteiger partial charge in [0.2, 0.25) is 0 Å². The maximum atomic E-state index is 13.1.